The van der Waals surface area contributed by atoms with E-state index in [-0.39, 0.29) is 11.7 Å². The molecule has 0 saturated heterocycles. The number of carbonyl (C=O) groups excluding carboxylic acids is 1. The van der Waals surface area contributed by atoms with Crippen molar-refractivity contribution in [2.75, 3.05) is 37.2 Å². The number of aromatic nitrogens is 6. The Balaban J connectivity index is 1.80. The molecule has 1 fully saturated rings. The van der Waals surface area contributed by atoms with Gasteiger partial charge in [0.1, 0.15) is 6.33 Å². The Bertz CT molecular complexity index is 731. The molecule has 0 aliphatic heterocycles. The van der Waals surface area contributed by atoms with Crippen molar-refractivity contribution in [2.24, 2.45) is 0 Å². The van der Waals surface area contributed by atoms with Crippen molar-refractivity contribution < 1.29 is 9.53 Å². The lowest BCUT2D eigenvalue weighted by atomic mass is 10.6. The molecule has 11 heteroatoms. The second-order valence-corrected chi connectivity index (χ2v) is 6.35. The largest absolute Gasteiger partial charge is 0.468 e. The minimum atomic E-state index is -0.331. The van der Waals surface area contributed by atoms with Gasteiger partial charge in [0, 0.05) is 20.1 Å². The number of ether oxygens (including phenoxy) is 1. The maximum atomic E-state index is 11.2. The standard InChI is InChI=1S/C13H18N8O2S/c1-20(2)11-16-10(15-8-4-5-8)17-12(18-11)21-7-14-13(19-21)24-6-9(22)23-3/h7-8H,4-6H2,1-3H3,(H,15,16,17,18). The number of esters is 1. The van der Waals surface area contributed by atoms with Crippen molar-refractivity contribution in [2.45, 2.75) is 24.0 Å². The fourth-order valence-electron chi connectivity index (χ4n) is 1.72. The molecule has 128 valence electrons. The summed E-state index contributed by atoms with van der Waals surface area (Å²) >= 11 is 1.19. The quantitative estimate of drug-likeness (QED) is 0.555. The summed E-state index contributed by atoms with van der Waals surface area (Å²) in [5.41, 5.74) is 0. The number of hydrogen-bond acceptors (Lipinski definition) is 10. The Kier molecular flexibility index (Phi) is 4.79. The highest BCUT2D eigenvalue weighted by Crippen LogP contribution is 2.24. The van der Waals surface area contributed by atoms with E-state index < -0.39 is 0 Å². The van der Waals surface area contributed by atoms with Crippen LogP contribution in [0.4, 0.5) is 11.9 Å². The summed E-state index contributed by atoms with van der Waals surface area (Å²) in [5, 5.41) is 7.99. The molecular weight excluding hydrogens is 332 g/mol. The third-order valence-corrected chi connectivity index (χ3v) is 3.97. The lowest BCUT2D eigenvalue weighted by molar-refractivity contribution is -0.137. The van der Waals surface area contributed by atoms with Crippen LogP contribution in [-0.2, 0) is 9.53 Å². The van der Waals surface area contributed by atoms with Crippen LogP contribution in [0.3, 0.4) is 0 Å². The molecule has 0 radical (unpaired) electrons. The van der Waals surface area contributed by atoms with E-state index in [0.29, 0.717) is 29.0 Å². The van der Waals surface area contributed by atoms with E-state index in [2.05, 4.69) is 35.1 Å². The minimum Gasteiger partial charge on any atom is -0.468 e. The van der Waals surface area contributed by atoms with Gasteiger partial charge in [0.05, 0.1) is 12.9 Å². The molecule has 0 aromatic carbocycles. The summed E-state index contributed by atoms with van der Waals surface area (Å²) in [4.78, 5) is 30.3. The highest BCUT2D eigenvalue weighted by Gasteiger charge is 2.23. The summed E-state index contributed by atoms with van der Waals surface area (Å²) in [6.07, 6.45) is 3.75. The van der Waals surface area contributed by atoms with E-state index in [1.807, 2.05) is 14.1 Å². The molecule has 0 spiro atoms. The van der Waals surface area contributed by atoms with Crippen molar-refractivity contribution >= 4 is 29.6 Å². The Labute approximate surface area is 143 Å². The van der Waals surface area contributed by atoms with E-state index in [4.69, 9.17) is 0 Å². The number of hydrogen-bond donors (Lipinski definition) is 1. The normalized spacial score (nSPS) is 13.6. The summed E-state index contributed by atoms with van der Waals surface area (Å²) < 4.78 is 6.06. The molecule has 1 saturated carbocycles. The van der Waals surface area contributed by atoms with Gasteiger partial charge >= 0.3 is 5.97 Å². The fraction of sp³-hybridized carbons (Fsp3) is 0.538. The summed E-state index contributed by atoms with van der Waals surface area (Å²) in [7, 11) is 5.06. The predicted molar refractivity (Wildman–Crippen MR) is 88.5 cm³/mol. The molecule has 2 aromatic heterocycles. The van der Waals surface area contributed by atoms with Crippen molar-refractivity contribution in [3.63, 3.8) is 0 Å². The van der Waals surface area contributed by atoms with Crippen LogP contribution in [0.2, 0.25) is 0 Å². The average Bonchev–Trinajstić information content (AvgIpc) is 3.25. The SMILES string of the molecule is COC(=O)CSc1ncn(-c2nc(NC3CC3)nc(N(C)C)n2)n1. The number of methoxy groups -OCH3 is 1. The van der Waals surface area contributed by atoms with Gasteiger partial charge in [-0.2, -0.15) is 19.6 Å². The molecule has 0 amide bonds. The van der Waals surface area contributed by atoms with Crippen LogP contribution < -0.4 is 10.2 Å². The van der Waals surface area contributed by atoms with Gasteiger partial charge in [0.15, 0.2) is 0 Å². The maximum absolute atomic E-state index is 11.2. The van der Waals surface area contributed by atoms with E-state index >= 15 is 0 Å². The number of rotatable bonds is 7. The Morgan fingerprint density at radius 1 is 1.42 bits per heavy atom. The van der Waals surface area contributed by atoms with Crippen molar-refractivity contribution in [3.8, 4) is 5.95 Å². The first kappa shape index (κ1) is 16.4. The van der Waals surface area contributed by atoms with E-state index in [1.165, 1.54) is 29.9 Å². The zero-order valence-electron chi connectivity index (χ0n) is 13.6. The molecule has 10 nitrogen and oxygen atoms in total. The monoisotopic (exact) mass is 350 g/mol. The molecule has 1 N–H and O–H groups in total. The number of anilines is 2. The van der Waals surface area contributed by atoms with Gasteiger partial charge in [-0.1, -0.05) is 11.8 Å². The molecule has 3 rings (SSSR count). The number of thioether (sulfide) groups is 1. The van der Waals surface area contributed by atoms with E-state index in [1.54, 1.807) is 4.90 Å². The molecule has 24 heavy (non-hydrogen) atoms. The number of nitrogens with zero attached hydrogens (tertiary/aromatic N) is 7. The second kappa shape index (κ2) is 6.99. The van der Waals surface area contributed by atoms with Crippen LogP contribution >= 0.6 is 11.8 Å². The van der Waals surface area contributed by atoms with Gasteiger partial charge in [-0.25, -0.2) is 4.98 Å². The highest BCUT2D eigenvalue weighted by atomic mass is 32.2. The second-order valence-electron chi connectivity index (χ2n) is 5.41. The molecule has 0 bridgehead atoms. The van der Waals surface area contributed by atoms with Gasteiger partial charge in [0.25, 0.3) is 5.95 Å². The van der Waals surface area contributed by atoms with Crippen molar-refractivity contribution in [3.05, 3.63) is 6.33 Å². The molecule has 2 heterocycles. The summed E-state index contributed by atoms with van der Waals surface area (Å²) in [6, 6.07) is 0.428. The lowest BCUT2D eigenvalue weighted by Crippen LogP contribution is -2.18. The molecule has 0 unspecified atom stereocenters. The van der Waals surface area contributed by atoms with Crippen molar-refractivity contribution in [1.82, 2.24) is 29.7 Å². The van der Waals surface area contributed by atoms with Gasteiger partial charge in [-0.15, -0.1) is 5.10 Å². The first-order valence-electron chi connectivity index (χ1n) is 7.36. The first-order valence-corrected chi connectivity index (χ1v) is 8.35. The average molecular weight is 350 g/mol. The van der Waals surface area contributed by atoms with E-state index in [9.17, 15) is 4.79 Å². The molecule has 2 aromatic rings. The Morgan fingerprint density at radius 3 is 2.88 bits per heavy atom. The maximum Gasteiger partial charge on any atom is 0.316 e. The van der Waals surface area contributed by atoms with Crippen LogP contribution in [0.5, 0.6) is 0 Å². The van der Waals surface area contributed by atoms with Crippen LogP contribution in [0.1, 0.15) is 12.8 Å². The zero-order valence-corrected chi connectivity index (χ0v) is 14.4. The smallest absolute Gasteiger partial charge is 0.316 e. The summed E-state index contributed by atoms with van der Waals surface area (Å²) in [5.74, 6) is 1.24. The predicted octanol–water partition coefficient (Wildman–Crippen LogP) is 0.358. The topological polar surface area (TPSA) is 111 Å². The van der Waals surface area contributed by atoms with Crippen LogP contribution in [-0.4, -0.2) is 68.7 Å². The molecule has 1 aliphatic rings. The van der Waals surface area contributed by atoms with Crippen LogP contribution in [0.15, 0.2) is 11.5 Å². The highest BCUT2D eigenvalue weighted by molar-refractivity contribution is 7.99. The third-order valence-electron chi connectivity index (χ3n) is 3.14. The van der Waals surface area contributed by atoms with Gasteiger partial charge in [0.2, 0.25) is 17.1 Å². The molecule has 1 aliphatic carbocycles. The van der Waals surface area contributed by atoms with Crippen molar-refractivity contribution in [1.29, 1.82) is 0 Å². The Hall–Kier alpha value is -2.43. The Morgan fingerprint density at radius 2 is 2.21 bits per heavy atom. The molecular formula is C13H18N8O2S. The first-order chi connectivity index (χ1) is 11.5. The zero-order chi connectivity index (χ0) is 17.1. The minimum absolute atomic E-state index is 0.148. The lowest BCUT2D eigenvalue weighted by Gasteiger charge is -2.12. The summed E-state index contributed by atoms with van der Waals surface area (Å²) in [6.45, 7) is 0. The number of carbonyl (C=O) groups is 1. The van der Waals surface area contributed by atoms with Crippen LogP contribution in [0.25, 0.3) is 5.95 Å². The van der Waals surface area contributed by atoms with Gasteiger partial charge < -0.3 is 15.0 Å². The third kappa shape index (κ3) is 4.10. The van der Waals surface area contributed by atoms with Gasteiger partial charge in [-0.3, -0.25) is 4.79 Å². The van der Waals surface area contributed by atoms with Gasteiger partial charge in [-0.05, 0) is 12.8 Å². The molecule has 0 atom stereocenters. The van der Waals surface area contributed by atoms with E-state index in [0.717, 1.165) is 12.8 Å². The van der Waals surface area contributed by atoms with Crippen LogP contribution in [0, 0.1) is 0 Å². The number of nitrogens with one attached hydrogen (secondary N) is 1. The fourth-order valence-corrected chi connectivity index (χ4v) is 2.36.